The highest BCUT2D eigenvalue weighted by molar-refractivity contribution is 6.02. The molecule has 0 unspecified atom stereocenters. The van der Waals surface area contributed by atoms with Crippen LogP contribution in [0.2, 0.25) is 0 Å². The molecule has 0 atom stereocenters. The van der Waals surface area contributed by atoms with Gasteiger partial charge in [-0.15, -0.1) is 0 Å². The summed E-state index contributed by atoms with van der Waals surface area (Å²) in [6.45, 7) is 0. The van der Waals surface area contributed by atoms with Crippen molar-refractivity contribution in [2.24, 2.45) is 0 Å². The number of benzene rings is 3. The molecule has 1 aromatic heterocycles. The molecule has 0 saturated heterocycles. The maximum absolute atomic E-state index is 12.6. The molecular formula is C16H8N2O4. The lowest BCUT2D eigenvalue weighted by Gasteiger charge is -2.02. The van der Waals surface area contributed by atoms with Gasteiger partial charge in [-0.25, -0.2) is 0 Å². The minimum Gasteiger partial charge on any atom is -0.355 e. The number of hydrogen-bond donors (Lipinski definition) is 2. The van der Waals surface area contributed by atoms with E-state index in [9.17, 15) is 19.2 Å². The second kappa shape index (κ2) is 4.11. The summed E-state index contributed by atoms with van der Waals surface area (Å²) in [7, 11) is 0. The molecule has 0 amide bonds. The lowest BCUT2D eigenvalue weighted by molar-refractivity contribution is 1.28. The van der Waals surface area contributed by atoms with Gasteiger partial charge in [0.05, 0.1) is 10.8 Å². The van der Waals surface area contributed by atoms with Crippen LogP contribution in [0.15, 0.2) is 55.8 Å². The summed E-state index contributed by atoms with van der Waals surface area (Å²) in [6, 6.07) is 6.18. The van der Waals surface area contributed by atoms with Gasteiger partial charge in [0.1, 0.15) is 11.0 Å². The van der Waals surface area contributed by atoms with E-state index in [-0.39, 0.29) is 32.6 Å². The van der Waals surface area contributed by atoms with Crippen LogP contribution in [-0.2, 0) is 0 Å². The Morgan fingerprint density at radius 1 is 0.591 bits per heavy atom. The second-order valence-electron chi connectivity index (χ2n) is 4.98. The molecule has 2 N–H and O–H groups in total. The first-order valence-electron chi connectivity index (χ1n) is 6.55. The predicted octanol–water partition coefficient (Wildman–Crippen LogP) is 0.681. The first kappa shape index (κ1) is 12.5. The van der Waals surface area contributed by atoms with Crippen LogP contribution < -0.4 is 21.7 Å². The largest absolute Gasteiger partial charge is 0.355 e. The van der Waals surface area contributed by atoms with E-state index in [1.165, 1.54) is 24.5 Å². The molecule has 0 saturated carbocycles. The Labute approximate surface area is 121 Å². The number of hydrogen-bond acceptors (Lipinski definition) is 4. The smallest absolute Gasteiger partial charge is 0.216 e. The van der Waals surface area contributed by atoms with Crippen LogP contribution in [0.5, 0.6) is 0 Å². The number of aromatic nitrogens is 2. The van der Waals surface area contributed by atoms with Gasteiger partial charge in [0.25, 0.3) is 0 Å². The van der Waals surface area contributed by atoms with Gasteiger partial charge in [-0.3, -0.25) is 19.2 Å². The normalized spacial score (nSPS) is 11.5. The van der Waals surface area contributed by atoms with E-state index in [1.807, 2.05) is 0 Å². The van der Waals surface area contributed by atoms with Crippen LogP contribution in [0.4, 0.5) is 0 Å². The van der Waals surface area contributed by atoms with Crippen LogP contribution in [0, 0.1) is 0 Å². The maximum atomic E-state index is 12.6. The number of fused-ring (bicyclic) bond motifs is 3. The van der Waals surface area contributed by atoms with Gasteiger partial charge in [0.2, 0.25) is 10.9 Å². The van der Waals surface area contributed by atoms with Crippen molar-refractivity contribution in [3.8, 4) is 0 Å². The van der Waals surface area contributed by atoms with Gasteiger partial charge in [-0.05, 0) is 0 Å². The van der Waals surface area contributed by atoms with Crippen molar-refractivity contribution >= 4 is 32.6 Å². The van der Waals surface area contributed by atoms with Gasteiger partial charge < -0.3 is 9.97 Å². The van der Waals surface area contributed by atoms with Crippen molar-refractivity contribution in [2.75, 3.05) is 0 Å². The molecule has 1 heterocycles. The summed E-state index contributed by atoms with van der Waals surface area (Å²) in [5.41, 5.74) is -2.49. The van der Waals surface area contributed by atoms with Crippen LogP contribution in [0.25, 0.3) is 32.6 Å². The zero-order chi connectivity index (χ0) is 15.4. The Kier molecular flexibility index (Phi) is 2.33. The van der Waals surface area contributed by atoms with Crippen LogP contribution in [0.3, 0.4) is 0 Å². The first-order chi connectivity index (χ1) is 10.6. The molecule has 3 aromatic carbocycles. The molecule has 0 radical (unpaired) electrons. The van der Waals surface area contributed by atoms with Crippen molar-refractivity contribution in [2.45, 2.75) is 0 Å². The standard InChI is InChI=1S/C16H8N2O4/c19-13-7-3-1-2-4-8(7)14(20)10-9(13)15(21)11-12(16(10)22)18-6-5-17-11/h1-6,17-18H. The van der Waals surface area contributed by atoms with Crippen molar-refractivity contribution in [3.05, 3.63) is 77.6 Å². The highest BCUT2D eigenvalue weighted by Crippen LogP contribution is 2.10. The SMILES string of the molecule is O=c1c2ccccc2c(=O)c2c(=O)c3[nH]cc[nH]c3c(=O)c12. The first-order valence-corrected chi connectivity index (χ1v) is 6.55. The predicted molar refractivity (Wildman–Crippen MR) is 83.9 cm³/mol. The van der Waals surface area contributed by atoms with E-state index in [2.05, 4.69) is 9.97 Å². The average molecular weight is 292 g/mol. The molecule has 6 nitrogen and oxygen atoms in total. The zero-order valence-electron chi connectivity index (χ0n) is 11.1. The Morgan fingerprint density at radius 3 is 1.41 bits per heavy atom. The third-order valence-corrected chi connectivity index (χ3v) is 3.82. The average Bonchev–Trinajstić information content (AvgIpc) is 2.56. The molecule has 0 bridgehead atoms. The summed E-state index contributed by atoms with van der Waals surface area (Å²) in [5, 5.41) is -0.402. The Morgan fingerprint density at radius 2 is 1.00 bits per heavy atom. The number of nitrogens with one attached hydrogen (secondary N) is 2. The summed E-state index contributed by atoms with van der Waals surface area (Å²) in [6.07, 6.45) is 2.89. The molecule has 4 rings (SSSR count). The highest BCUT2D eigenvalue weighted by atomic mass is 16.1. The summed E-state index contributed by atoms with van der Waals surface area (Å²) < 4.78 is 0. The molecule has 0 aliphatic heterocycles. The van der Waals surface area contributed by atoms with Crippen molar-refractivity contribution < 1.29 is 0 Å². The Hall–Kier alpha value is -3.28. The molecule has 4 aromatic rings. The van der Waals surface area contributed by atoms with Gasteiger partial charge in [0, 0.05) is 23.2 Å². The fourth-order valence-electron chi connectivity index (χ4n) is 2.81. The third-order valence-electron chi connectivity index (χ3n) is 3.82. The Bertz CT molecular complexity index is 1100. The van der Waals surface area contributed by atoms with Crippen molar-refractivity contribution in [1.29, 1.82) is 0 Å². The molecule has 0 fully saturated rings. The number of rotatable bonds is 0. The van der Waals surface area contributed by atoms with Crippen molar-refractivity contribution in [3.63, 3.8) is 0 Å². The van der Waals surface area contributed by atoms with Gasteiger partial charge in [-0.2, -0.15) is 0 Å². The van der Waals surface area contributed by atoms with Crippen LogP contribution >= 0.6 is 0 Å². The van der Waals surface area contributed by atoms with E-state index in [4.69, 9.17) is 0 Å². The Balaban J connectivity index is 2.56. The summed E-state index contributed by atoms with van der Waals surface area (Å²) >= 11 is 0. The van der Waals surface area contributed by atoms with Crippen molar-refractivity contribution in [1.82, 2.24) is 9.97 Å². The fourth-order valence-corrected chi connectivity index (χ4v) is 2.81. The van der Waals surface area contributed by atoms with Gasteiger partial charge in [-0.1, -0.05) is 24.3 Å². The lowest BCUT2D eigenvalue weighted by atomic mass is 10.0. The molecular weight excluding hydrogens is 284 g/mol. The molecule has 0 spiro atoms. The third kappa shape index (κ3) is 1.38. The van der Waals surface area contributed by atoms with Crippen LogP contribution in [0.1, 0.15) is 0 Å². The highest BCUT2D eigenvalue weighted by Gasteiger charge is 2.19. The van der Waals surface area contributed by atoms with E-state index in [1.54, 1.807) is 12.1 Å². The monoisotopic (exact) mass is 292 g/mol. The molecule has 106 valence electrons. The van der Waals surface area contributed by atoms with E-state index < -0.39 is 21.7 Å². The van der Waals surface area contributed by atoms with E-state index in [0.29, 0.717) is 0 Å². The number of aromatic amines is 2. The molecule has 22 heavy (non-hydrogen) atoms. The topological polar surface area (TPSA) is 99.9 Å². The molecule has 6 heteroatoms. The molecule has 0 aliphatic rings. The summed E-state index contributed by atoms with van der Waals surface area (Å²) in [4.78, 5) is 55.5. The fraction of sp³-hybridized carbons (Fsp3) is 0. The maximum Gasteiger partial charge on any atom is 0.216 e. The minimum atomic E-state index is -0.644. The summed E-state index contributed by atoms with van der Waals surface area (Å²) in [5.74, 6) is 0. The lowest BCUT2D eigenvalue weighted by Crippen LogP contribution is -2.27. The molecule has 0 aliphatic carbocycles. The zero-order valence-corrected chi connectivity index (χ0v) is 11.1. The minimum absolute atomic E-state index is 0.00761. The van der Waals surface area contributed by atoms with Gasteiger partial charge in [0.15, 0.2) is 10.9 Å². The quantitative estimate of drug-likeness (QED) is 0.465. The number of H-pyrrole nitrogens is 2. The van der Waals surface area contributed by atoms with E-state index in [0.717, 1.165) is 0 Å². The van der Waals surface area contributed by atoms with Crippen LogP contribution in [-0.4, -0.2) is 9.97 Å². The van der Waals surface area contributed by atoms with E-state index >= 15 is 0 Å². The second-order valence-corrected chi connectivity index (χ2v) is 4.98. The van der Waals surface area contributed by atoms with Gasteiger partial charge >= 0.3 is 0 Å².